The number of carbonyl (C=O) groups excluding carboxylic acids is 1. The van der Waals surface area contributed by atoms with Crippen LogP contribution in [0.15, 0.2) is 42.9 Å². The lowest BCUT2D eigenvalue weighted by Gasteiger charge is -2.24. The molecule has 32 heavy (non-hydrogen) atoms. The molecule has 6 bridgehead atoms. The van der Waals surface area contributed by atoms with Gasteiger partial charge in [0.25, 0.3) is 0 Å². The number of carbonyl (C=O) groups is 1. The van der Waals surface area contributed by atoms with Gasteiger partial charge in [0, 0.05) is 41.3 Å². The molecule has 0 unspecified atom stereocenters. The van der Waals surface area contributed by atoms with Gasteiger partial charge in [0.15, 0.2) is 5.82 Å². The molecule has 9 heteroatoms. The topological polar surface area (TPSA) is 95.9 Å². The van der Waals surface area contributed by atoms with E-state index in [0.29, 0.717) is 29.9 Å². The zero-order valence-corrected chi connectivity index (χ0v) is 18.3. The van der Waals surface area contributed by atoms with E-state index in [1.54, 1.807) is 6.20 Å². The first kappa shape index (κ1) is 20.8. The molecule has 0 radical (unpaired) electrons. The number of benzene rings is 1. The molecular formula is C23H24ClN7O. The fraction of sp³-hybridized carbons (Fsp3) is 0.348. The highest BCUT2D eigenvalue weighted by atomic mass is 35.5. The number of hydrogen-bond donors (Lipinski definition) is 2. The van der Waals surface area contributed by atoms with Crippen molar-refractivity contribution in [2.24, 2.45) is 0 Å². The number of halogens is 1. The van der Waals surface area contributed by atoms with Crippen LogP contribution in [-0.4, -0.2) is 49.9 Å². The molecule has 2 aliphatic rings. The largest absolute Gasteiger partial charge is 0.355 e. The van der Waals surface area contributed by atoms with Crippen LogP contribution < -0.4 is 10.6 Å². The normalized spacial score (nSPS) is 19.3. The predicted molar refractivity (Wildman–Crippen MR) is 123 cm³/mol. The number of fused-ring (bicyclic) bond motifs is 8. The van der Waals surface area contributed by atoms with E-state index in [4.69, 9.17) is 11.6 Å². The van der Waals surface area contributed by atoms with Crippen LogP contribution in [0.1, 0.15) is 30.5 Å². The number of aromatic nitrogens is 4. The van der Waals surface area contributed by atoms with Gasteiger partial charge in [-0.25, -0.2) is 9.97 Å². The maximum absolute atomic E-state index is 12.8. The monoisotopic (exact) mass is 449 g/mol. The van der Waals surface area contributed by atoms with Crippen molar-refractivity contribution in [3.05, 3.63) is 59.1 Å². The van der Waals surface area contributed by atoms with Gasteiger partial charge in [-0.3, -0.25) is 14.7 Å². The third-order valence-corrected chi connectivity index (χ3v) is 6.04. The Labute approximate surface area is 191 Å². The summed E-state index contributed by atoms with van der Waals surface area (Å²) in [5.74, 6) is 1.11. The van der Waals surface area contributed by atoms with E-state index in [2.05, 4.69) is 35.5 Å². The molecule has 2 aromatic heterocycles. The Bertz CT molecular complexity index is 1140. The standard InChI is InChI=1S/C23H24ClN7O/c24-17-9-15-10-19(12-17)29-23-28-14-27-21(30-23)16-5-7-25-18(11-16)3-1-6-26-22(32)20-4-2-8-31(20)13-15/h5,7,9-12,14,20H,1-4,6,8,13H2,(H,26,32)(H,27,28,29,30)/t20-/m0/s1. The third-order valence-electron chi connectivity index (χ3n) is 5.82. The van der Waals surface area contributed by atoms with E-state index < -0.39 is 0 Å². The minimum absolute atomic E-state index is 0.0956. The van der Waals surface area contributed by atoms with E-state index in [0.717, 1.165) is 54.7 Å². The van der Waals surface area contributed by atoms with Crippen molar-refractivity contribution in [1.29, 1.82) is 0 Å². The molecule has 164 valence electrons. The van der Waals surface area contributed by atoms with Crippen molar-refractivity contribution in [2.45, 2.75) is 38.3 Å². The van der Waals surface area contributed by atoms with Crippen molar-refractivity contribution in [3.8, 4) is 11.4 Å². The molecule has 1 saturated heterocycles. The molecule has 1 amide bonds. The van der Waals surface area contributed by atoms with E-state index >= 15 is 0 Å². The van der Waals surface area contributed by atoms with Gasteiger partial charge in [0.05, 0.1) is 6.04 Å². The van der Waals surface area contributed by atoms with Gasteiger partial charge >= 0.3 is 0 Å². The van der Waals surface area contributed by atoms with Crippen molar-refractivity contribution in [2.75, 3.05) is 18.4 Å². The Hall–Kier alpha value is -3.10. The maximum atomic E-state index is 12.8. The van der Waals surface area contributed by atoms with Crippen LogP contribution in [0.25, 0.3) is 11.4 Å². The SMILES string of the molecule is O=C1NCCCc2cc(ccn2)-c2ncnc(n2)Nc2cc(Cl)cc(c2)CN2CCC[C@@H]12. The van der Waals surface area contributed by atoms with Crippen molar-refractivity contribution >= 4 is 29.1 Å². The van der Waals surface area contributed by atoms with E-state index in [1.807, 2.05) is 30.3 Å². The van der Waals surface area contributed by atoms with Gasteiger partial charge in [-0.1, -0.05) is 11.6 Å². The van der Waals surface area contributed by atoms with Crippen LogP contribution >= 0.6 is 11.6 Å². The molecule has 3 aromatic rings. The minimum Gasteiger partial charge on any atom is -0.355 e. The number of hydrogen-bond acceptors (Lipinski definition) is 7. The Morgan fingerprint density at radius 1 is 1.09 bits per heavy atom. The lowest BCUT2D eigenvalue weighted by atomic mass is 10.1. The highest BCUT2D eigenvalue weighted by Gasteiger charge is 2.30. The van der Waals surface area contributed by atoms with Crippen LogP contribution in [0, 0.1) is 0 Å². The van der Waals surface area contributed by atoms with Gasteiger partial charge in [-0.2, -0.15) is 4.98 Å². The third kappa shape index (κ3) is 4.71. The van der Waals surface area contributed by atoms with Gasteiger partial charge in [0.1, 0.15) is 6.33 Å². The van der Waals surface area contributed by atoms with Crippen molar-refractivity contribution in [3.63, 3.8) is 0 Å². The van der Waals surface area contributed by atoms with Gasteiger partial charge in [-0.15, -0.1) is 0 Å². The Balaban J connectivity index is 1.51. The second-order valence-corrected chi connectivity index (χ2v) is 8.60. The van der Waals surface area contributed by atoms with Crippen LogP contribution in [0.3, 0.4) is 0 Å². The second kappa shape index (κ2) is 9.18. The average molecular weight is 450 g/mol. The van der Waals surface area contributed by atoms with E-state index in [1.165, 1.54) is 6.33 Å². The molecule has 2 aliphatic heterocycles. The summed E-state index contributed by atoms with van der Waals surface area (Å²) in [6, 6.07) is 9.56. The Morgan fingerprint density at radius 2 is 2.03 bits per heavy atom. The molecule has 5 rings (SSSR count). The molecule has 0 saturated carbocycles. The second-order valence-electron chi connectivity index (χ2n) is 8.16. The fourth-order valence-electron chi connectivity index (χ4n) is 4.34. The summed E-state index contributed by atoms with van der Waals surface area (Å²) < 4.78 is 0. The van der Waals surface area contributed by atoms with Crippen molar-refractivity contribution in [1.82, 2.24) is 30.2 Å². The fourth-order valence-corrected chi connectivity index (χ4v) is 4.60. The molecule has 1 aromatic carbocycles. The number of nitrogens with zero attached hydrogens (tertiary/aromatic N) is 5. The summed E-state index contributed by atoms with van der Waals surface area (Å²) in [6.45, 7) is 2.17. The van der Waals surface area contributed by atoms with Gasteiger partial charge in [0.2, 0.25) is 11.9 Å². The summed E-state index contributed by atoms with van der Waals surface area (Å²) in [6.07, 6.45) is 6.72. The van der Waals surface area contributed by atoms with Crippen molar-refractivity contribution < 1.29 is 4.79 Å². The van der Waals surface area contributed by atoms with Crippen LogP contribution in [0.5, 0.6) is 0 Å². The minimum atomic E-state index is -0.114. The maximum Gasteiger partial charge on any atom is 0.237 e. The summed E-state index contributed by atoms with van der Waals surface area (Å²) in [7, 11) is 0. The van der Waals surface area contributed by atoms with E-state index in [9.17, 15) is 4.79 Å². The molecule has 8 nitrogen and oxygen atoms in total. The summed E-state index contributed by atoms with van der Waals surface area (Å²) >= 11 is 6.40. The molecule has 2 N–H and O–H groups in total. The zero-order valence-electron chi connectivity index (χ0n) is 17.6. The number of aryl methyl sites for hydroxylation is 1. The predicted octanol–water partition coefficient (Wildman–Crippen LogP) is 3.36. The summed E-state index contributed by atoms with van der Waals surface area (Å²) in [5, 5.41) is 6.97. The summed E-state index contributed by atoms with van der Waals surface area (Å²) in [5.41, 5.74) is 3.64. The van der Waals surface area contributed by atoms with Crippen LogP contribution in [-0.2, 0) is 17.8 Å². The van der Waals surface area contributed by atoms with E-state index in [-0.39, 0.29) is 11.9 Å². The van der Waals surface area contributed by atoms with Crippen LogP contribution in [0.2, 0.25) is 5.02 Å². The molecular weight excluding hydrogens is 426 g/mol. The van der Waals surface area contributed by atoms with Crippen LogP contribution in [0.4, 0.5) is 11.6 Å². The lowest BCUT2D eigenvalue weighted by molar-refractivity contribution is -0.125. The first-order valence-corrected chi connectivity index (χ1v) is 11.2. The molecule has 1 fully saturated rings. The molecule has 0 spiro atoms. The van der Waals surface area contributed by atoms with Gasteiger partial charge in [-0.05, 0) is 68.1 Å². The summed E-state index contributed by atoms with van der Waals surface area (Å²) in [4.78, 5) is 32.7. The average Bonchev–Trinajstić information content (AvgIpc) is 3.24. The number of amides is 1. The lowest BCUT2D eigenvalue weighted by Crippen LogP contribution is -2.43. The highest BCUT2D eigenvalue weighted by Crippen LogP contribution is 2.26. The number of pyridine rings is 1. The first-order valence-electron chi connectivity index (χ1n) is 10.9. The first-order chi connectivity index (χ1) is 15.6. The smallest absolute Gasteiger partial charge is 0.237 e. The van der Waals surface area contributed by atoms with Gasteiger partial charge < -0.3 is 10.6 Å². The number of nitrogens with one attached hydrogen (secondary N) is 2. The number of anilines is 2. The highest BCUT2D eigenvalue weighted by molar-refractivity contribution is 6.31. The Kier molecular flexibility index (Phi) is 5.96. The zero-order chi connectivity index (χ0) is 21.9. The molecule has 1 atom stereocenters. The molecule has 4 heterocycles. The Morgan fingerprint density at radius 3 is 2.97 bits per heavy atom. The molecule has 0 aliphatic carbocycles. The quantitative estimate of drug-likeness (QED) is 0.543. The number of rotatable bonds is 0.